The number of aromatic nitrogens is 1. The van der Waals surface area contributed by atoms with Crippen molar-refractivity contribution >= 4 is 11.6 Å². The first-order chi connectivity index (χ1) is 16.1. The minimum Gasteiger partial charge on any atom is -0.419 e. The normalized spacial score (nSPS) is 15.0. The summed E-state index contributed by atoms with van der Waals surface area (Å²) < 4.78 is 5.83. The number of para-hydroxylation sites is 1. The summed E-state index contributed by atoms with van der Waals surface area (Å²) >= 11 is 0. The second-order valence-corrected chi connectivity index (χ2v) is 8.17. The molecule has 0 amide bonds. The summed E-state index contributed by atoms with van der Waals surface area (Å²) in [5.41, 5.74) is 2.72. The number of nitrogens with one attached hydrogen (secondary N) is 1. The molecule has 2 aromatic carbocycles. The van der Waals surface area contributed by atoms with Gasteiger partial charge in [-0.15, -0.1) is 0 Å². The zero-order valence-corrected chi connectivity index (χ0v) is 18.7. The van der Waals surface area contributed by atoms with Crippen molar-refractivity contribution in [3.8, 4) is 17.5 Å². The fourth-order valence-corrected chi connectivity index (χ4v) is 4.30. The summed E-state index contributed by atoms with van der Waals surface area (Å²) in [6.45, 7) is 4.71. The summed E-state index contributed by atoms with van der Waals surface area (Å²) in [6, 6.07) is 17.0. The van der Waals surface area contributed by atoms with E-state index in [1.807, 2.05) is 6.07 Å². The van der Waals surface area contributed by atoms with Gasteiger partial charge in [-0.25, -0.2) is 0 Å². The van der Waals surface area contributed by atoms with Crippen LogP contribution in [0, 0.1) is 21.4 Å². The van der Waals surface area contributed by atoms with E-state index >= 15 is 0 Å². The van der Waals surface area contributed by atoms with Crippen LogP contribution in [0.2, 0.25) is 0 Å². The first-order valence-electron chi connectivity index (χ1n) is 11.3. The van der Waals surface area contributed by atoms with E-state index in [9.17, 15) is 15.4 Å². The summed E-state index contributed by atoms with van der Waals surface area (Å²) in [4.78, 5) is 17.6. The van der Waals surface area contributed by atoms with Crippen LogP contribution >= 0.6 is 0 Å². The van der Waals surface area contributed by atoms with Crippen LogP contribution in [0.4, 0.5) is 11.6 Å². The van der Waals surface area contributed by atoms with Crippen molar-refractivity contribution < 1.29 is 9.34 Å². The Hall–Kier alpha value is -3.70. The van der Waals surface area contributed by atoms with E-state index < -0.39 is 4.92 Å². The maximum atomic E-state index is 11.4. The van der Waals surface area contributed by atoms with Crippen molar-refractivity contribution in [2.45, 2.75) is 38.6 Å². The van der Waals surface area contributed by atoms with Gasteiger partial charge >= 0.3 is 0 Å². The van der Waals surface area contributed by atoms with E-state index in [0.717, 1.165) is 32.4 Å². The Morgan fingerprint density at radius 2 is 1.91 bits per heavy atom. The number of oxazole rings is 1. The lowest BCUT2D eigenvalue weighted by Gasteiger charge is -2.35. The largest absolute Gasteiger partial charge is 0.419 e. The number of nitriles is 1. The van der Waals surface area contributed by atoms with Crippen molar-refractivity contribution in [2.24, 2.45) is 0 Å². The number of hydrogen-bond acceptors (Lipinski definition) is 7. The van der Waals surface area contributed by atoms with Crippen LogP contribution in [0.15, 0.2) is 52.9 Å². The van der Waals surface area contributed by atoms with Gasteiger partial charge in [0.25, 0.3) is 5.69 Å². The van der Waals surface area contributed by atoms with Crippen LogP contribution < -0.4 is 5.32 Å². The molecule has 2 heterocycles. The Morgan fingerprint density at radius 1 is 1.18 bits per heavy atom. The Morgan fingerprint density at radius 3 is 2.58 bits per heavy atom. The van der Waals surface area contributed by atoms with Gasteiger partial charge in [0.15, 0.2) is 0 Å². The molecule has 33 heavy (non-hydrogen) atoms. The number of nitro benzene ring substituents is 1. The molecule has 8 heteroatoms. The van der Waals surface area contributed by atoms with Crippen molar-refractivity contribution in [2.75, 3.05) is 25.0 Å². The Balaban J connectivity index is 1.60. The van der Waals surface area contributed by atoms with E-state index in [2.05, 4.69) is 46.4 Å². The number of piperidine rings is 1. The third-order valence-electron chi connectivity index (χ3n) is 6.12. The zero-order chi connectivity index (χ0) is 23.2. The zero-order valence-electron chi connectivity index (χ0n) is 18.7. The van der Waals surface area contributed by atoms with Gasteiger partial charge in [0.2, 0.25) is 17.5 Å². The van der Waals surface area contributed by atoms with E-state index in [4.69, 9.17) is 4.42 Å². The average molecular weight is 446 g/mol. The van der Waals surface area contributed by atoms with Gasteiger partial charge in [0, 0.05) is 12.6 Å². The fourth-order valence-electron chi connectivity index (χ4n) is 4.30. The number of rotatable bonds is 8. The SMILES string of the molecule is CCc1ccc(C(CNc2oc(-c3ccccc3[N+](=O)[O-])nc2C#N)N2CCCCC2)cc1. The lowest BCUT2D eigenvalue weighted by atomic mass is 10.00. The highest BCUT2D eigenvalue weighted by Gasteiger charge is 2.25. The maximum absolute atomic E-state index is 11.4. The van der Waals surface area contributed by atoms with Gasteiger partial charge in [0.05, 0.1) is 11.0 Å². The van der Waals surface area contributed by atoms with Crippen molar-refractivity contribution in [3.63, 3.8) is 0 Å². The molecule has 1 aromatic heterocycles. The van der Waals surface area contributed by atoms with Crippen molar-refractivity contribution in [1.29, 1.82) is 5.26 Å². The molecule has 0 bridgehead atoms. The molecule has 8 nitrogen and oxygen atoms in total. The van der Waals surface area contributed by atoms with Crippen LogP contribution in [-0.2, 0) is 6.42 Å². The predicted octanol–water partition coefficient (Wildman–Crippen LogP) is 5.32. The van der Waals surface area contributed by atoms with Crippen LogP contribution in [0.5, 0.6) is 0 Å². The van der Waals surface area contributed by atoms with E-state index in [0.29, 0.717) is 6.54 Å². The molecule has 1 saturated heterocycles. The van der Waals surface area contributed by atoms with Gasteiger partial charge in [-0.3, -0.25) is 15.0 Å². The van der Waals surface area contributed by atoms with Gasteiger partial charge in [-0.1, -0.05) is 49.7 Å². The van der Waals surface area contributed by atoms with E-state index in [-0.39, 0.29) is 34.8 Å². The molecule has 1 aliphatic heterocycles. The second-order valence-electron chi connectivity index (χ2n) is 8.17. The van der Waals surface area contributed by atoms with E-state index in [1.165, 1.54) is 23.6 Å². The third kappa shape index (κ3) is 5.04. The molecule has 3 aromatic rings. The number of nitro groups is 1. The van der Waals surface area contributed by atoms with Crippen molar-refractivity contribution in [3.05, 3.63) is 75.5 Å². The Bertz CT molecular complexity index is 1140. The van der Waals surface area contributed by atoms with Crippen LogP contribution in [0.3, 0.4) is 0 Å². The Kier molecular flexibility index (Phi) is 7.01. The fraction of sp³-hybridized carbons (Fsp3) is 0.360. The summed E-state index contributed by atoms with van der Waals surface area (Å²) in [5, 5.41) is 24.3. The minimum atomic E-state index is -0.481. The molecule has 0 spiro atoms. The molecule has 0 radical (unpaired) electrons. The number of aryl methyl sites for hydroxylation is 1. The molecule has 0 saturated carbocycles. The third-order valence-corrected chi connectivity index (χ3v) is 6.12. The van der Waals surface area contributed by atoms with Gasteiger partial charge in [-0.05, 0) is 49.5 Å². The van der Waals surface area contributed by atoms with Crippen LogP contribution in [-0.4, -0.2) is 34.4 Å². The molecule has 4 rings (SSSR count). The second kappa shape index (κ2) is 10.3. The molecule has 1 atom stereocenters. The first kappa shape index (κ1) is 22.5. The highest BCUT2D eigenvalue weighted by atomic mass is 16.6. The lowest BCUT2D eigenvalue weighted by Crippen LogP contribution is -2.37. The summed E-state index contributed by atoms with van der Waals surface area (Å²) in [7, 11) is 0. The highest BCUT2D eigenvalue weighted by Crippen LogP contribution is 2.33. The maximum Gasteiger partial charge on any atom is 0.282 e. The number of benzene rings is 2. The van der Waals surface area contributed by atoms with Gasteiger partial charge < -0.3 is 9.73 Å². The predicted molar refractivity (Wildman–Crippen MR) is 126 cm³/mol. The first-order valence-corrected chi connectivity index (χ1v) is 11.3. The Labute approximate surface area is 193 Å². The quantitative estimate of drug-likeness (QED) is 0.369. The van der Waals surface area contributed by atoms with Crippen LogP contribution in [0.1, 0.15) is 49.0 Å². The number of hydrogen-bond donors (Lipinski definition) is 1. The minimum absolute atomic E-state index is 0.0585. The number of likely N-dealkylation sites (tertiary alicyclic amines) is 1. The molecular formula is C25H27N5O3. The average Bonchev–Trinajstić information content (AvgIpc) is 3.28. The number of anilines is 1. The summed E-state index contributed by atoms with van der Waals surface area (Å²) in [6.07, 6.45) is 4.56. The molecule has 1 N–H and O–H groups in total. The molecule has 0 aliphatic carbocycles. The molecule has 170 valence electrons. The highest BCUT2D eigenvalue weighted by molar-refractivity contribution is 5.68. The molecule has 1 aliphatic rings. The van der Waals surface area contributed by atoms with Gasteiger partial charge in [0.1, 0.15) is 11.6 Å². The molecule has 1 fully saturated rings. The topological polar surface area (TPSA) is 108 Å². The molecular weight excluding hydrogens is 418 g/mol. The smallest absolute Gasteiger partial charge is 0.282 e. The standard InChI is InChI=1S/C25H27N5O3/c1-2-18-10-12-19(13-11-18)23(29-14-6-3-7-15-29)17-27-25-21(16-26)28-24(33-25)20-8-4-5-9-22(20)30(31)32/h4-5,8-13,23,27H,2-3,6-7,14-15,17H2,1H3. The van der Waals surface area contributed by atoms with Crippen LogP contribution in [0.25, 0.3) is 11.5 Å². The summed E-state index contributed by atoms with van der Waals surface area (Å²) in [5.74, 6) is 0.293. The van der Waals surface area contributed by atoms with E-state index in [1.54, 1.807) is 18.2 Å². The van der Waals surface area contributed by atoms with Gasteiger partial charge in [-0.2, -0.15) is 10.2 Å². The monoisotopic (exact) mass is 445 g/mol. The molecule has 1 unspecified atom stereocenters. The lowest BCUT2D eigenvalue weighted by molar-refractivity contribution is -0.384. The number of nitrogens with zero attached hydrogens (tertiary/aromatic N) is 4. The van der Waals surface area contributed by atoms with Crippen molar-refractivity contribution in [1.82, 2.24) is 9.88 Å².